The molecule has 0 atom stereocenters. The molecule has 3 rings (SSSR count). The molecule has 5 heteroatoms. The van der Waals surface area contributed by atoms with Crippen LogP contribution in [-0.4, -0.2) is 6.03 Å². The number of allylic oxidation sites excluding steroid dienone is 1. The Balaban J connectivity index is 1.68. The molecule has 0 bridgehead atoms. The Kier molecular flexibility index (Phi) is 3.50. The first-order valence-corrected chi connectivity index (χ1v) is 6.80. The number of carbonyl (C=O) groups excluding carboxylic acids is 1. The molecule has 0 spiro atoms. The lowest BCUT2D eigenvalue weighted by Gasteiger charge is -2.09. The van der Waals surface area contributed by atoms with Gasteiger partial charge in [0.2, 0.25) is 0 Å². The zero-order valence-corrected chi connectivity index (χ0v) is 11.8. The van der Waals surface area contributed by atoms with Crippen LogP contribution in [0.15, 0.2) is 54.7 Å². The zero-order valence-electron chi connectivity index (χ0n) is 11.8. The van der Waals surface area contributed by atoms with E-state index >= 15 is 0 Å². The number of carbonyl (C=O) groups is 1. The molecule has 0 unspecified atom stereocenters. The van der Waals surface area contributed by atoms with E-state index < -0.39 is 0 Å². The number of hydrogen-bond acceptors (Lipinski definition) is 3. The highest BCUT2D eigenvalue weighted by Gasteiger charge is 2.14. The summed E-state index contributed by atoms with van der Waals surface area (Å²) >= 11 is 0. The summed E-state index contributed by atoms with van der Waals surface area (Å²) in [5.74, 6) is 0. The minimum absolute atomic E-state index is 0.355. The molecule has 0 aliphatic carbocycles. The lowest BCUT2D eigenvalue weighted by molar-refractivity contribution is 0.262. The first-order chi connectivity index (χ1) is 10.6. The maximum Gasteiger partial charge on any atom is 0.323 e. The standard InChI is InChI=1S/C17H14N4O/c1-11-7-13-5-6-15(9-16(13)19-11)21-17(22)20-14-4-2-3-12(8-14)10-18/h2-6,8-9,19H,1,7H2,(H2,20,21,22). The van der Waals surface area contributed by atoms with E-state index in [2.05, 4.69) is 22.5 Å². The van der Waals surface area contributed by atoms with E-state index in [1.807, 2.05) is 24.3 Å². The number of benzene rings is 2. The van der Waals surface area contributed by atoms with Gasteiger partial charge in [-0.25, -0.2) is 4.79 Å². The van der Waals surface area contributed by atoms with Crippen LogP contribution in [0.1, 0.15) is 11.1 Å². The molecule has 1 aliphatic heterocycles. The molecule has 1 heterocycles. The predicted molar refractivity (Wildman–Crippen MR) is 86.7 cm³/mol. The summed E-state index contributed by atoms with van der Waals surface area (Å²) in [5.41, 5.74) is 4.84. The number of hydrogen-bond donors (Lipinski definition) is 3. The molecule has 108 valence electrons. The number of nitrogens with zero attached hydrogens (tertiary/aromatic N) is 1. The maximum absolute atomic E-state index is 12.0. The van der Waals surface area contributed by atoms with Gasteiger partial charge >= 0.3 is 6.03 Å². The normalized spacial score (nSPS) is 12.0. The number of nitrogens with one attached hydrogen (secondary N) is 3. The fraction of sp³-hybridized carbons (Fsp3) is 0.0588. The van der Waals surface area contributed by atoms with Crippen molar-refractivity contribution >= 4 is 23.1 Å². The highest BCUT2D eigenvalue weighted by atomic mass is 16.2. The molecule has 2 aromatic rings. The Labute approximate surface area is 128 Å². The van der Waals surface area contributed by atoms with Gasteiger partial charge in [-0.3, -0.25) is 0 Å². The van der Waals surface area contributed by atoms with Gasteiger partial charge in [-0.15, -0.1) is 0 Å². The fourth-order valence-corrected chi connectivity index (χ4v) is 2.35. The molecule has 22 heavy (non-hydrogen) atoms. The Morgan fingerprint density at radius 1 is 1.18 bits per heavy atom. The van der Waals surface area contributed by atoms with Gasteiger partial charge in [0.15, 0.2) is 0 Å². The summed E-state index contributed by atoms with van der Waals surface area (Å²) in [6.45, 7) is 3.89. The first-order valence-electron chi connectivity index (χ1n) is 6.80. The third-order valence-electron chi connectivity index (χ3n) is 3.33. The molecule has 5 nitrogen and oxygen atoms in total. The van der Waals surface area contributed by atoms with Crippen LogP contribution in [0.2, 0.25) is 0 Å². The number of amides is 2. The van der Waals surface area contributed by atoms with Crippen LogP contribution in [-0.2, 0) is 6.42 Å². The van der Waals surface area contributed by atoms with E-state index in [4.69, 9.17) is 5.26 Å². The quantitative estimate of drug-likeness (QED) is 0.789. The highest BCUT2D eigenvalue weighted by molar-refractivity contribution is 6.00. The van der Waals surface area contributed by atoms with Crippen molar-refractivity contribution in [2.75, 3.05) is 16.0 Å². The maximum atomic E-state index is 12.0. The SMILES string of the molecule is C=C1Cc2ccc(NC(=O)Nc3cccc(C#N)c3)cc2N1. The van der Waals surface area contributed by atoms with Crippen LogP contribution < -0.4 is 16.0 Å². The Hall–Kier alpha value is -3.26. The summed E-state index contributed by atoms with van der Waals surface area (Å²) in [6.07, 6.45) is 0.808. The lowest BCUT2D eigenvalue weighted by atomic mass is 10.1. The van der Waals surface area contributed by atoms with E-state index in [9.17, 15) is 4.79 Å². The van der Waals surface area contributed by atoms with Crippen molar-refractivity contribution in [3.8, 4) is 6.07 Å². The highest BCUT2D eigenvalue weighted by Crippen LogP contribution is 2.29. The smallest absolute Gasteiger partial charge is 0.323 e. The Bertz CT molecular complexity index is 805. The second-order valence-electron chi connectivity index (χ2n) is 5.05. The molecule has 1 aliphatic rings. The number of fused-ring (bicyclic) bond motifs is 1. The third-order valence-corrected chi connectivity index (χ3v) is 3.33. The molecule has 3 N–H and O–H groups in total. The van der Waals surface area contributed by atoms with Gasteiger partial charge in [0.25, 0.3) is 0 Å². The molecule has 0 fully saturated rings. The number of rotatable bonds is 2. The number of urea groups is 1. The largest absolute Gasteiger partial charge is 0.359 e. The van der Waals surface area contributed by atoms with E-state index in [1.165, 1.54) is 0 Å². The lowest BCUT2D eigenvalue weighted by Crippen LogP contribution is -2.19. The van der Waals surface area contributed by atoms with E-state index in [1.54, 1.807) is 24.3 Å². The van der Waals surface area contributed by atoms with E-state index in [0.29, 0.717) is 16.9 Å². The summed E-state index contributed by atoms with van der Waals surface area (Å²) < 4.78 is 0. The fourth-order valence-electron chi connectivity index (χ4n) is 2.35. The summed E-state index contributed by atoms with van der Waals surface area (Å²) in [6, 6.07) is 14.1. The van der Waals surface area contributed by atoms with Crippen LogP contribution >= 0.6 is 0 Å². The zero-order chi connectivity index (χ0) is 15.5. The summed E-state index contributed by atoms with van der Waals surface area (Å²) in [7, 11) is 0. The van der Waals surface area contributed by atoms with Gasteiger partial charge in [-0.2, -0.15) is 5.26 Å². The molecule has 2 aromatic carbocycles. The first kappa shape index (κ1) is 13.7. The molecule has 0 saturated carbocycles. The third kappa shape index (κ3) is 2.91. The molecule has 0 aromatic heterocycles. The Morgan fingerprint density at radius 2 is 1.95 bits per heavy atom. The number of anilines is 3. The van der Waals surface area contributed by atoms with Crippen molar-refractivity contribution in [1.82, 2.24) is 0 Å². The topological polar surface area (TPSA) is 77.0 Å². The average molecular weight is 290 g/mol. The molecular formula is C17H14N4O. The molecular weight excluding hydrogens is 276 g/mol. The van der Waals surface area contributed by atoms with Crippen molar-refractivity contribution in [3.63, 3.8) is 0 Å². The minimum Gasteiger partial charge on any atom is -0.359 e. The molecule has 0 radical (unpaired) electrons. The number of nitriles is 1. The van der Waals surface area contributed by atoms with Crippen molar-refractivity contribution < 1.29 is 4.79 Å². The second-order valence-corrected chi connectivity index (χ2v) is 5.05. The van der Waals surface area contributed by atoms with Gasteiger partial charge in [-0.05, 0) is 35.9 Å². The van der Waals surface area contributed by atoms with Crippen LogP contribution in [0.5, 0.6) is 0 Å². The van der Waals surface area contributed by atoms with Gasteiger partial charge in [0.1, 0.15) is 0 Å². The van der Waals surface area contributed by atoms with Gasteiger partial charge in [-0.1, -0.05) is 18.7 Å². The van der Waals surface area contributed by atoms with Crippen molar-refractivity contribution in [3.05, 3.63) is 65.9 Å². The van der Waals surface area contributed by atoms with E-state index in [-0.39, 0.29) is 6.03 Å². The predicted octanol–water partition coefficient (Wildman–Crippen LogP) is 3.68. The van der Waals surface area contributed by atoms with Crippen molar-refractivity contribution in [2.24, 2.45) is 0 Å². The molecule has 2 amide bonds. The Morgan fingerprint density at radius 3 is 2.73 bits per heavy atom. The van der Waals surface area contributed by atoms with E-state index in [0.717, 1.165) is 23.4 Å². The summed E-state index contributed by atoms with van der Waals surface area (Å²) in [4.78, 5) is 12.0. The van der Waals surface area contributed by atoms with Crippen LogP contribution in [0.4, 0.5) is 21.9 Å². The van der Waals surface area contributed by atoms with Gasteiger partial charge in [0.05, 0.1) is 11.6 Å². The second kappa shape index (κ2) is 5.62. The van der Waals surface area contributed by atoms with Crippen LogP contribution in [0.25, 0.3) is 0 Å². The minimum atomic E-state index is -0.355. The van der Waals surface area contributed by atoms with Crippen LogP contribution in [0, 0.1) is 11.3 Å². The van der Waals surface area contributed by atoms with Crippen LogP contribution in [0.3, 0.4) is 0 Å². The average Bonchev–Trinajstić information content (AvgIpc) is 2.86. The van der Waals surface area contributed by atoms with Gasteiger partial charge in [0, 0.05) is 29.2 Å². The van der Waals surface area contributed by atoms with Crippen molar-refractivity contribution in [1.29, 1.82) is 5.26 Å². The molecule has 0 saturated heterocycles. The monoisotopic (exact) mass is 290 g/mol. The summed E-state index contributed by atoms with van der Waals surface area (Å²) in [5, 5.41) is 17.5. The van der Waals surface area contributed by atoms with Gasteiger partial charge < -0.3 is 16.0 Å². The van der Waals surface area contributed by atoms with Crippen molar-refractivity contribution in [2.45, 2.75) is 6.42 Å².